The third-order valence-electron chi connectivity index (χ3n) is 3.58. The minimum absolute atomic E-state index is 0.130. The summed E-state index contributed by atoms with van der Waals surface area (Å²) in [5, 5.41) is 3.20. The molecule has 1 unspecified atom stereocenters. The first-order chi connectivity index (χ1) is 12.5. The molecule has 0 saturated heterocycles. The fourth-order valence-electron chi connectivity index (χ4n) is 2.27. The van der Waals surface area contributed by atoms with Gasteiger partial charge < -0.3 is 9.73 Å². The van der Waals surface area contributed by atoms with E-state index in [0.29, 0.717) is 15.7 Å². The monoisotopic (exact) mass is 391 g/mol. The van der Waals surface area contributed by atoms with Gasteiger partial charge in [0.05, 0.1) is 16.6 Å². The number of halogens is 2. The maximum Gasteiger partial charge on any atom is 0.287 e. The van der Waals surface area contributed by atoms with Crippen LogP contribution in [-0.4, -0.2) is 10.1 Å². The lowest BCUT2D eigenvalue weighted by molar-refractivity contribution is 0.0921. The molecule has 1 heterocycles. The molecule has 1 aromatic heterocycles. The van der Waals surface area contributed by atoms with Crippen molar-refractivity contribution in [1.82, 2.24) is 5.32 Å². The molecular weight excluding hydrogens is 377 g/mol. The van der Waals surface area contributed by atoms with E-state index < -0.39 is 16.7 Å². The van der Waals surface area contributed by atoms with Crippen LogP contribution < -0.4 is 5.32 Å². The summed E-state index contributed by atoms with van der Waals surface area (Å²) in [6.07, 6.45) is 0. The molecule has 7 heteroatoms. The second-order valence-electron chi connectivity index (χ2n) is 5.52. The predicted octanol–water partition coefficient (Wildman–Crippen LogP) is 4.31. The minimum atomic E-state index is -1.33. The van der Waals surface area contributed by atoms with Crippen LogP contribution in [0.1, 0.15) is 21.9 Å². The highest BCUT2D eigenvalue weighted by Gasteiger charge is 2.14. The third kappa shape index (κ3) is 4.80. The molecular formula is C19H15ClFNO3S. The molecule has 0 radical (unpaired) electrons. The van der Waals surface area contributed by atoms with Crippen LogP contribution in [0.5, 0.6) is 0 Å². The van der Waals surface area contributed by atoms with Crippen LogP contribution in [0.4, 0.5) is 4.39 Å². The van der Waals surface area contributed by atoms with Gasteiger partial charge >= 0.3 is 0 Å². The first-order valence-electron chi connectivity index (χ1n) is 7.76. The normalized spacial score (nSPS) is 11.9. The van der Waals surface area contributed by atoms with Gasteiger partial charge in [-0.05, 0) is 48.0 Å². The highest BCUT2D eigenvalue weighted by Crippen LogP contribution is 2.18. The number of hydrogen-bond donors (Lipinski definition) is 1. The van der Waals surface area contributed by atoms with E-state index in [9.17, 15) is 13.4 Å². The van der Waals surface area contributed by atoms with Crippen molar-refractivity contribution in [3.63, 3.8) is 0 Å². The lowest BCUT2D eigenvalue weighted by Gasteiger charge is -2.04. The number of carbonyl (C=O) groups is 1. The highest BCUT2D eigenvalue weighted by molar-refractivity contribution is 7.84. The zero-order valence-corrected chi connectivity index (χ0v) is 15.1. The number of furan rings is 1. The van der Waals surface area contributed by atoms with Crippen molar-refractivity contribution < 1.29 is 17.8 Å². The zero-order valence-electron chi connectivity index (χ0n) is 13.6. The lowest BCUT2D eigenvalue weighted by Crippen LogP contribution is -2.22. The maximum absolute atomic E-state index is 12.9. The van der Waals surface area contributed by atoms with Crippen molar-refractivity contribution in [2.24, 2.45) is 0 Å². The van der Waals surface area contributed by atoms with Crippen LogP contribution in [0.15, 0.2) is 70.0 Å². The van der Waals surface area contributed by atoms with Crippen molar-refractivity contribution in [1.29, 1.82) is 0 Å². The molecule has 134 valence electrons. The van der Waals surface area contributed by atoms with Gasteiger partial charge in [0.15, 0.2) is 5.76 Å². The van der Waals surface area contributed by atoms with E-state index in [1.54, 1.807) is 42.5 Å². The lowest BCUT2D eigenvalue weighted by atomic mass is 10.2. The van der Waals surface area contributed by atoms with Gasteiger partial charge in [-0.2, -0.15) is 0 Å². The molecule has 1 atom stereocenters. The fraction of sp³-hybridized carbons (Fsp3) is 0.105. The molecule has 0 aliphatic carbocycles. The number of nitrogens with one attached hydrogen (secondary N) is 1. The number of carbonyl (C=O) groups excluding carboxylic acids is 1. The molecule has 26 heavy (non-hydrogen) atoms. The molecule has 2 aromatic carbocycles. The largest absolute Gasteiger partial charge is 0.455 e. The Balaban J connectivity index is 1.59. The van der Waals surface area contributed by atoms with E-state index in [-0.39, 0.29) is 23.9 Å². The number of benzene rings is 2. The average Bonchev–Trinajstić information content (AvgIpc) is 3.09. The summed E-state index contributed by atoms with van der Waals surface area (Å²) in [5.74, 6) is -0.0102. The van der Waals surface area contributed by atoms with Gasteiger partial charge in [-0.1, -0.05) is 29.8 Å². The Labute approximate surface area is 157 Å². The topological polar surface area (TPSA) is 59.3 Å². The van der Waals surface area contributed by atoms with E-state index in [4.69, 9.17) is 16.0 Å². The van der Waals surface area contributed by atoms with E-state index in [1.807, 2.05) is 0 Å². The van der Waals surface area contributed by atoms with Gasteiger partial charge in [0.2, 0.25) is 0 Å². The van der Waals surface area contributed by atoms with E-state index in [1.165, 1.54) is 18.2 Å². The quantitative estimate of drug-likeness (QED) is 0.681. The Morgan fingerprint density at radius 2 is 1.88 bits per heavy atom. The Kier molecular flexibility index (Phi) is 5.85. The highest BCUT2D eigenvalue weighted by atomic mass is 35.5. The van der Waals surface area contributed by atoms with Gasteiger partial charge in [0, 0.05) is 16.5 Å². The third-order valence-corrected chi connectivity index (χ3v) is 5.15. The molecule has 0 spiro atoms. The second kappa shape index (κ2) is 8.29. The van der Waals surface area contributed by atoms with Gasteiger partial charge in [-0.15, -0.1) is 0 Å². The van der Waals surface area contributed by atoms with Crippen LogP contribution in [0, 0.1) is 5.82 Å². The molecule has 0 bridgehead atoms. The van der Waals surface area contributed by atoms with Crippen LogP contribution in [0.25, 0.3) is 0 Å². The van der Waals surface area contributed by atoms with Crippen molar-refractivity contribution >= 4 is 28.3 Å². The summed E-state index contributed by atoms with van der Waals surface area (Å²) in [5.41, 5.74) is 0.772. The Bertz CT molecular complexity index is 940. The van der Waals surface area contributed by atoms with Crippen molar-refractivity contribution in [3.8, 4) is 0 Å². The SMILES string of the molecule is O=C(NCc1ccc(F)cc1)c1ccc(CS(=O)c2cccc(Cl)c2)o1. The summed E-state index contributed by atoms with van der Waals surface area (Å²) in [7, 11) is -1.33. The van der Waals surface area contributed by atoms with Crippen LogP contribution >= 0.6 is 11.6 Å². The molecule has 0 aliphatic rings. The molecule has 0 fully saturated rings. The Morgan fingerprint density at radius 3 is 2.62 bits per heavy atom. The van der Waals surface area contributed by atoms with E-state index >= 15 is 0 Å². The summed E-state index contributed by atoms with van der Waals surface area (Å²) in [6.45, 7) is 0.254. The molecule has 3 rings (SSSR count). The van der Waals surface area contributed by atoms with Crippen molar-refractivity contribution in [3.05, 3.63) is 88.6 Å². The van der Waals surface area contributed by atoms with Crippen LogP contribution in [0.3, 0.4) is 0 Å². The minimum Gasteiger partial charge on any atom is -0.455 e. The van der Waals surface area contributed by atoms with E-state index in [0.717, 1.165) is 5.56 Å². The summed E-state index contributed by atoms with van der Waals surface area (Å²) in [4.78, 5) is 12.7. The van der Waals surface area contributed by atoms with Crippen molar-refractivity contribution in [2.45, 2.75) is 17.2 Å². The van der Waals surface area contributed by atoms with Gasteiger partial charge in [0.25, 0.3) is 5.91 Å². The molecule has 3 aromatic rings. The number of amides is 1. The summed E-state index contributed by atoms with van der Waals surface area (Å²) >= 11 is 5.90. The molecule has 0 aliphatic heterocycles. The van der Waals surface area contributed by atoms with E-state index in [2.05, 4.69) is 5.32 Å². The molecule has 4 nitrogen and oxygen atoms in total. The van der Waals surface area contributed by atoms with Crippen molar-refractivity contribution in [2.75, 3.05) is 0 Å². The number of hydrogen-bond acceptors (Lipinski definition) is 3. The van der Waals surface area contributed by atoms with Gasteiger partial charge in [-0.3, -0.25) is 9.00 Å². The van der Waals surface area contributed by atoms with Crippen LogP contribution in [-0.2, 0) is 23.1 Å². The first-order valence-corrected chi connectivity index (χ1v) is 9.46. The standard InChI is InChI=1S/C19H15ClFNO3S/c20-14-2-1-3-17(10-14)26(24)12-16-8-9-18(25-16)19(23)22-11-13-4-6-15(21)7-5-13/h1-10H,11-12H2,(H,22,23). The Morgan fingerprint density at radius 1 is 1.12 bits per heavy atom. The number of rotatable bonds is 6. The smallest absolute Gasteiger partial charge is 0.287 e. The summed E-state index contributed by atoms with van der Waals surface area (Å²) < 4.78 is 30.7. The fourth-order valence-corrected chi connectivity index (χ4v) is 3.59. The molecule has 1 N–H and O–H groups in total. The summed E-state index contributed by atoms with van der Waals surface area (Å²) in [6, 6.07) is 15.8. The zero-order chi connectivity index (χ0) is 18.5. The molecule has 1 amide bonds. The molecule has 0 saturated carbocycles. The van der Waals surface area contributed by atoms with Gasteiger partial charge in [0.1, 0.15) is 11.6 Å². The maximum atomic E-state index is 12.9. The predicted molar refractivity (Wildman–Crippen MR) is 97.8 cm³/mol. The Hall–Kier alpha value is -2.44. The van der Waals surface area contributed by atoms with Gasteiger partial charge in [-0.25, -0.2) is 4.39 Å². The van der Waals surface area contributed by atoms with Crippen LogP contribution in [0.2, 0.25) is 5.02 Å². The second-order valence-corrected chi connectivity index (χ2v) is 7.41. The average molecular weight is 392 g/mol. The first kappa shape index (κ1) is 18.4.